The van der Waals surface area contributed by atoms with E-state index in [4.69, 9.17) is 18.0 Å². The molecule has 0 spiro atoms. The minimum atomic E-state index is -0.652. The Morgan fingerprint density at radius 2 is 1.83 bits per heavy atom. The van der Waals surface area contributed by atoms with Crippen molar-refractivity contribution in [2.75, 3.05) is 27.2 Å². The van der Waals surface area contributed by atoms with Gasteiger partial charge in [-0.25, -0.2) is 4.79 Å². The minimum Gasteiger partial charge on any atom is -0.392 e. The number of nitrogens with two attached hydrogens (primary N) is 1. The number of urea groups is 1. The molecule has 7 heteroatoms. The molecule has 0 unspecified atom stereocenters. The van der Waals surface area contributed by atoms with E-state index < -0.39 is 5.41 Å². The number of rotatable bonds is 5. The molecule has 4 N–H and O–H groups in total. The van der Waals surface area contributed by atoms with Crippen molar-refractivity contribution >= 4 is 29.1 Å². The number of hydrogen-bond donors (Lipinski definition) is 3. The number of thiocarbonyl (C=S) groups is 1. The number of nitrogens with one attached hydrogen (secondary N) is 2. The van der Waals surface area contributed by atoms with E-state index in [1.54, 1.807) is 14.1 Å². The molecule has 18 heavy (non-hydrogen) atoms. The first-order valence-electron chi connectivity index (χ1n) is 5.93. The highest BCUT2D eigenvalue weighted by molar-refractivity contribution is 7.80. The SMILES string of the molecule is CN(C)C(=O)NCCNC(=O)C1(C(N)=S)CCC1. The van der Waals surface area contributed by atoms with Crippen molar-refractivity contribution in [3.8, 4) is 0 Å². The fourth-order valence-electron chi connectivity index (χ4n) is 1.79. The van der Waals surface area contributed by atoms with Gasteiger partial charge < -0.3 is 21.3 Å². The normalized spacial score (nSPS) is 16.3. The lowest BCUT2D eigenvalue weighted by molar-refractivity contribution is -0.130. The van der Waals surface area contributed by atoms with Crippen molar-refractivity contribution in [1.82, 2.24) is 15.5 Å². The Balaban J connectivity index is 2.29. The van der Waals surface area contributed by atoms with Crippen molar-refractivity contribution < 1.29 is 9.59 Å². The van der Waals surface area contributed by atoms with Gasteiger partial charge >= 0.3 is 6.03 Å². The number of amides is 3. The summed E-state index contributed by atoms with van der Waals surface area (Å²) < 4.78 is 0. The second kappa shape index (κ2) is 5.99. The molecule has 1 aliphatic carbocycles. The monoisotopic (exact) mass is 272 g/mol. The van der Waals surface area contributed by atoms with Crippen LogP contribution in [0.2, 0.25) is 0 Å². The number of hydrogen-bond acceptors (Lipinski definition) is 3. The van der Waals surface area contributed by atoms with Gasteiger partial charge in [-0.15, -0.1) is 0 Å². The summed E-state index contributed by atoms with van der Waals surface area (Å²) in [5.74, 6) is -0.125. The molecule has 1 fully saturated rings. The van der Waals surface area contributed by atoms with Crippen LogP contribution in [0.5, 0.6) is 0 Å². The third-order valence-electron chi connectivity index (χ3n) is 3.21. The molecule has 6 nitrogen and oxygen atoms in total. The lowest BCUT2D eigenvalue weighted by Gasteiger charge is -2.39. The Hall–Kier alpha value is -1.37. The molecular formula is C11H20N4O2S. The topological polar surface area (TPSA) is 87.5 Å². The Morgan fingerprint density at radius 3 is 2.22 bits per heavy atom. The van der Waals surface area contributed by atoms with E-state index >= 15 is 0 Å². The van der Waals surface area contributed by atoms with Crippen molar-refractivity contribution in [3.05, 3.63) is 0 Å². The van der Waals surface area contributed by atoms with Gasteiger partial charge in [0.2, 0.25) is 5.91 Å². The van der Waals surface area contributed by atoms with E-state index in [2.05, 4.69) is 10.6 Å². The molecule has 0 saturated heterocycles. The lowest BCUT2D eigenvalue weighted by atomic mass is 9.68. The first-order valence-corrected chi connectivity index (χ1v) is 6.34. The van der Waals surface area contributed by atoms with E-state index in [-0.39, 0.29) is 16.9 Å². The average molecular weight is 272 g/mol. The van der Waals surface area contributed by atoms with Crippen LogP contribution in [0.25, 0.3) is 0 Å². The maximum absolute atomic E-state index is 12.0. The molecule has 0 heterocycles. The fourth-order valence-corrected chi connectivity index (χ4v) is 2.09. The average Bonchev–Trinajstić information content (AvgIpc) is 2.21. The van der Waals surface area contributed by atoms with Crippen LogP contribution in [0.3, 0.4) is 0 Å². The third kappa shape index (κ3) is 3.10. The standard InChI is InChI=1S/C11H20N4O2S/c1-15(2)10(17)14-7-6-13-9(16)11(8(12)18)4-3-5-11/h3-7H2,1-2H3,(H2,12,18)(H,13,16)(H,14,17). The zero-order valence-electron chi connectivity index (χ0n) is 10.8. The van der Waals surface area contributed by atoms with Crippen LogP contribution in [0.15, 0.2) is 0 Å². The highest BCUT2D eigenvalue weighted by Crippen LogP contribution is 2.41. The summed E-state index contributed by atoms with van der Waals surface area (Å²) in [5.41, 5.74) is 4.97. The van der Waals surface area contributed by atoms with E-state index in [9.17, 15) is 9.59 Å². The highest BCUT2D eigenvalue weighted by Gasteiger charge is 2.46. The first-order chi connectivity index (χ1) is 8.40. The van der Waals surface area contributed by atoms with Crippen LogP contribution in [0.1, 0.15) is 19.3 Å². The quantitative estimate of drug-likeness (QED) is 0.479. The maximum Gasteiger partial charge on any atom is 0.316 e. The van der Waals surface area contributed by atoms with Gasteiger partial charge in [-0.3, -0.25) is 4.79 Å². The Bertz CT molecular complexity index is 353. The van der Waals surface area contributed by atoms with Gasteiger partial charge in [0.05, 0.1) is 10.4 Å². The van der Waals surface area contributed by atoms with Crippen molar-refractivity contribution in [1.29, 1.82) is 0 Å². The molecule has 3 amide bonds. The number of nitrogens with zero attached hydrogens (tertiary/aromatic N) is 1. The molecule has 0 aromatic heterocycles. The van der Waals surface area contributed by atoms with Gasteiger partial charge in [-0.1, -0.05) is 18.6 Å². The Kier molecular flexibility index (Phi) is 4.89. The summed E-state index contributed by atoms with van der Waals surface area (Å²) in [4.78, 5) is 24.9. The van der Waals surface area contributed by atoms with E-state index in [0.29, 0.717) is 13.1 Å². The van der Waals surface area contributed by atoms with Gasteiger partial charge in [-0.05, 0) is 12.8 Å². The highest BCUT2D eigenvalue weighted by atomic mass is 32.1. The molecule has 0 aromatic rings. The zero-order valence-corrected chi connectivity index (χ0v) is 11.6. The van der Waals surface area contributed by atoms with Crippen LogP contribution in [-0.4, -0.2) is 49.0 Å². The molecule has 0 aliphatic heterocycles. The van der Waals surface area contributed by atoms with Crippen LogP contribution >= 0.6 is 12.2 Å². The minimum absolute atomic E-state index is 0.125. The van der Waals surface area contributed by atoms with E-state index in [1.807, 2.05) is 0 Å². The van der Waals surface area contributed by atoms with Crippen LogP contribution < -0.4 is 16.4 Å². The summed E-state index contributed by atoms with van der Waals surface area (Å²) in [6.07, 6.45) is 2.42. The van der Waals surface area contributed by atoms with Crippen LogP contribution in [0, 0.1) is 5.41 Å². The fraction of sp³-hybridized carbons (Fsp3) is 0.727. The van der Waals surface area contributed by atoms with Crippen LogP contribution in [-0.2, 0) is 4.79 Å². The first kappa shape index (κ1) is 14.7. The molecule has 1 rings (SSSR count). The number of carbonyl (C=O) groups excluding carboxylic acids is 2. The Labute approximate surface area is 112 Å². The van der Waals surface area contributed by atoms with E-state index in [0.717, 1.165) is 19.3 Å². The van der Waals surface area contributed by atoms with Gasteiger partial charge in [0.25, 0.3) is 0 Å². The van der Waals surface area contributed by atoms with Gasteiger partial charge in [0.15, 0.2) is 0 Å². The smallest absolute Gasteiger partial charge is 0.316 e. The molecule has 1 saturated carbocycles. The molecule has 0 radical (unpaired) electrons. The summed E-state index contributed by atoms with van der Waals surface area (Å²) in [5, 5.41) is 5.42. The maximum atomic E-state index is 12.0. The molecule has 0 bridgehead atoms. The van der Waals surface area contributed by atoms with Gasteiger partial charge in [0, 0.05) is 27.2 Å². The van der Waals surface area contributed by atoms with E-state index in [1.165, 1.54) is 4.90 Å². The molecule has 0 aromatic carbocycles. The molecule has 1 aliphatic rings. The van der Waals surface area contributed by atoms with Crippen LogP contribution in [0.4, 0.5) is 4.79 Å². The summed E-state index contributed by atoms with van der Waals surface area (Å²) in [6, 6.07) is -0.183. The number of carbonyl (C=O) groups is 2. The predicted molar refractivity (Wildman–Crippen MR) is 73.2 cm³/mol. The van der Waals surface area contributed by atoms with Gasteiger partial charge in [0.1, 0.15) is 0 Å². The second-order valence-electron chi connectivity index (χ2n) is 4.68. The summed E-state index contributed by atoms with van der Waals surface area (Å²) in [7, 11) is 3.31. The Morgan fingerprint density at radius 1 is 1.28 bits per heavy atom. The molecular weight excluding hydrogens is 252 g/mol. The van der Waals surface area contributed by atoms with Gasteiger partial charge in [-0.2, -0.15) is 0 Å². The largest absolute Gasteiger partial charge is 0.392 e. The molecule has 0 atom stereocenters. The van der Waals surface area contributed by atoms with Crippen molar-refractivity contribution in [2.24, 2.45) is 11.1 Å². The molecule has 102 valence electrons. The van der Waals surface area contributed by atoms with Crippen molar-refractivity contribution in [2.45, 2.75) is 19.3 Å². The third-order valence-corrected chi connectivity index (χ3v) is 3.60. The zero-order chi connectivity index (χ0) is 13.8. The lowest BCUT2D eigenvalue weighted by Crippen LogP contribution is -2.54. The van der Waals surface area contributed by atoms with Crippen molar-refractivity contribution in [3.63, 3.8) is 0 Å². The summed E-state index contributed by atoms with van der Waals surface area (Å²) in [6.45, 7) is 0.763. The predicted octanol–water partition coefficient (Wildman–Crippen LogP) is -0.170. The second-order valence-corrected chi connectivity index (χ2v) is 5.12. The summed E-state index contributed by atoms with van der Waals surface area (Å²) >= 11 is 4.95.